The molecule has 2 N–H and O–H groups in total. The van der Waals surface area contributed by atoms with Gasteiger partial charge in [0.1, 0.15) is 17.4 Å². The molecule has 23 heavy (non-hydrogen) atoms. The Labute approximate surface area is 137 Å². The number of carbonyl (C=O) groups is 1. The fourth-order valence-electron chi connectivity index (χ4n) is 2.33. The van der Waals surface area contributed by atoms with E-state index in [1.807, 2.05) is 30.3 Å². The summed E-state index contributed by atoms with van der Waals surface area (Å²) in [5.41, 5.74) is 1.84. The van der Waals surface area contributed by atoms with Gasteiger partial charge in [-0.15, -0.1) is 0 Å². The number of phenols is 1. The maximum Gasteiger partial charge on any atom is 0.205 e. The predicted octanol–water partition coefficient (Wildman–Crippen LogP) is 4.32. The number of para-hydroxylation sites is 1. The van der Waals surface area contributed by atoms with Crippen LogP contribution in [0.3, 0.4) is 0 Å². The lowest BCUT2D eigenvalue weighted by atomic mass is 10.0. The van der Waals surface area contributed by atoms with Crippen molar-refractivity contribution >= 4 is 34.4 Å². The Morgan fingerprint density at radius 1 is 1.26 bits per heavy atom. The number of aromatic hydroxyl groups is 1. The first-order valence-electron chi connectivity index (χ1n) is 6.81. The molecule has 1 heterocycles. The van der Waals surface area contributed by atoms with Gasteiger partial charge in [-0.25, -0.2) is 0 Å². The Balaban J connectivity index is 2.03. The number of carbonyl (C=O) groups excluding carboxylic acids is 1. The zero-order chi connectivity index (χ0) is 16.4. The fourth-order valence-corrected chi connectivity index (χ4v) is 2.52. The molecule has 0 saturated heterocycles. The number of aromatic amines is 1. The molecule has 0 saturated carbocycles. The molecular weight excluding hydrogens is 312 g/mol. The van der Waals surface area contributed by atoms with Gasteiger partial charge >= 0.3 is 0 Å². The van der Waals surface area contributed by atoms with Gasteiger partial charge in [0, 0.05) is 22.7 Å². The molecule has 0 aliphatic carbocycles. The van der Waals surface area contributed by atoms with Crippen LogP contribution >= 0.6 is 11.6 Å². The molecular formula is C18H11ClN2O2. The third-order valence-electron chi connectivity index (χ3n) is 3.48. The summed E-state index contributed by atoms with van der Waals surface area (Å²) in [5.74, 6) is -0.417. The molecule has 0 unspecified atom stereocenters. The van der Waals surface area contributed by atoms with E-state index in [1.165, 1.54) is 18.2 Å². The van der Waals surface area contributed by atoms with Gasteiger partial charge in [-0.05, 0) is 29.8 Å². The minimum Gasteiger partial charge on any atom is -0.506 e. The first kappa shape index (κ1) is 14.9. The first-order valence-corrected chi connectivity index (χ1v) is 7.19. The highest BCUT2D eigenvalue weighted by Crippen LogP contribution is 2.26. The average Bonchev–Trinajstić information content (AvgIpc) is 2.99. The van der Waals surface area contributed by atoms with Crippen molar-refractivity contribution in [1.29, 1.82) is 5.26 Å². The Bertz CT molecular complexity index is 980. The SMILES string of the molecule is N#C/C(=C/c1ccc(O)c(Cl)c1)C(=O)c1c[nH]c2ccccc12. The summed E-state index contributed by atoms with van der Waals surface area (Å²) >= 11 is 5.85. The summed E-state index contributed by atoms with van der Waals surface area (Å²) in [5, 5.41) is 19.7. The van der Waals surface area contributed by atoms with Gasteiger partial charge in [0.25, 0.3) is 0 Å². The van der Waals surface area contributed by atoms with Crippen molar-refractivity contribution in [3.8, 4) is 11.8 Å². The van der Waals surface area contributed by atoms with Crippen molar-refractivity contribution in [2.45, 2.75) is 0 Å². The lowest BCUT2D eigenvalue weighted by molar-refractivity contribution is 0.104. The zero-order valence-corrected chi connectivity index (χ0v) is 12.6. The van der Waals surface area contributed by atoms with Gasteiger partial charge in [0.2, 0.25) is 5.78 Å². The monoisotopic (exact) mass is 322 g/mol. The van der Waals surface area contributed by atoms with Crippen LogP contribution in [0.1, 0.15) is 15.9 Å². The first-order chi connectivity index (χ1) is 11.1. The van der Waals surface area contributed by atoms with Crippen LogP contribution in [0.25, 0.3) is 17.0 Å². The van der Waals surface area contributed by atoms with E-state index in [0.29, 0.717) is 11.1 Å². The number of rotatable bonds is 3. The summed E-state index contributed by atoms with van der Waals surface area (Å²) in [6, 6.07) is 13.8. The van der Waals surface area contributed by atoms with Crippen LogP contribution in [-0.2, 0) is 0 Å². The van der Waals surface area contributed by atoms with Crippen molar-refractivity contribution in [1.82, 2.24) is 4.98 Å². The van der Waals surface area contributed by atoms with Crippen LogP contribution < -0.4 is 0 Å². The molecule has 1 aromatic heterocycles. The van der Waals surface area contributed by atoms with Crippen molar-refractivity contribution < 1.29 is 9.90 Å². The summed E-state index contributed by atoms with van der Waals surface area (Å²) in [6.45, 7) is 0. The highest BCUT2D eigenvalue weighted by atomic mass is 35.5. The number of fused-ring (bicyclic) bond motifs is 1. The summed E-state index contributed by atoms with van der Waals surface area (Å²) < 4.78 is 0. The van der Waals surface area contributed by atoms with Crippen molar-refractivity contribution in [3.63, 3.8) is 0 Å². The lowest BCUT2D eigenvalue weighted by Gasteiger charge is -2.01. The average molecular weight is 323 g/mol. The summed E-state index contributed by atoms with van der Waals surface area (Å²) in [6.07, 6.45) is 3.05. The van der Waals surface area contributed by atoms with Crippen LogP contribution in [0.5, 0.6) is 5.75 Å². The maximum absolute atomic E-state index is 12.6. The van der Waals surface area contributed by atoms with E-state index in [2.05, 4.69) is 4.98 Å². The number of ketones is 1. The molecule has 0 fully saturated rings. The third kappa shape index (κ3) is 2.83. The number of benzene rings is 2. The van der Waals surface area contributed by atoms with Gasteiger partial charge in [-0.1, -0.05) is 35.9 Å². The highest BCUT2D eigenvalue weighted by molar-refractivity contribution is 6.32. The van der Waals surface area contributed by atoms with E-state index in [4.69, 9.17) is 11.6 Å². The van der Waals surface area contributed by atoms with Crippen LogP contribution in [0.2, 0.25) is 5.02 Å². The second-order valence-corrected chi connectivity index (χ2v) is 5.36. The lowest BCUT2D eigenvalue weighted by Crippen LogP contribution is -2.01. The van der Waals surface area contributed by atoms with E-state index < -0.39 is 0 Å². The van der Waals surface area contributed by atoms with Gasteiger partial charge in [-0.3, -0.25) is 4.79 Å². The molecule has 0 bridgehead atoms. The molecule has 0 atom stereocenters. The summed E-state index contributed by atoms with van der Waals surface area (Å²) in [4.78, 5) is 15.6. The molecule has 0 amide bonds. The molecule has 0 radical (unpaired) electrons. The number of hydrogen-bond donors (Lipinski definition) is 2. The molecule has 5 heteroatoms. The number of nitriles is 1. The molecule has 112 valence electrons. The van der Waals surface area contributed by atoms with Crippen LogP contribution in [0, 0.1) is 11.3 Å². The van der Waals surface area contributed by atoms with E-state index >= 15 is 0 Å². The maximum atomic E-state index is 12.6. The number of allylic oxidation sites excluding steroid dienone is 1. The van der Waals surface area contributed by atoms with Crippen LogP contribution in [0.15, 0.2) is 54.2 Å². The highest BCUT2D eigenvalue weighted by Gasteiger charge is 2.16. The van der Waals surface area contributed by atoms with Gasteiger partial charge in [-0.2, -0.15) is 5.26 Å². The van der Waals surface area contributed by atoms with Crippen molar-refractivity contribution in [2.24, 2.45) is 0 Å². The van der Waals surface area contributed by atoms with E-state index in [9.17, 15) is 15.2 Å². The standard InChI is InChI=1S/C18H11ClN2O2/c19-15-8-11(5-6-17(15)22)7-12(9-20)18(23)14-10-21-16-4-2-1-3-13(14)16/h1-8,10,21-22H/b12-7-. The van der Waals surface area contributed by atoms with E-state index in [-0.39, 0.29) is 22.1 Å². The van der Waals surface area contributed by atoms with Crippen molar-refractivity contribution in [2.75, 3.05) is 0 Å². The minimum absolute atomic E-state index is 0.00323. The molecule has 2 aromatic carbocycles. The smallest absolute Gasteiger partial charge is 0.205 e. The number of hydrogen-bond acceptors (Lipinski definition) is 3. The zero-order valence-electron chi connectivity index (χ0n) is 11.9. The predicted molar refractivity (Wildman–Crippen MR) is 89.3 cm³/mol. The van der Waals surface area contributed by atoms with E-state index in [0.717, 1.165) is 10.9 Å². The molecule has 3 rings (SSSR count). The van der Waals surface area contributed by atoms with E-state index in [1.54, 1.807) is 12.3 Å². The summed E-state index contributed by atoms with van der Waals surface area (Å²) in [7, 11) is 0. The fraction of sp³-hybridized carbons (Fsp3) is 0. The molecule has 0 aliphatic rings. The Morgan fingerprint density at radius 3 is 2.78 bits per heavy atom. The van der Waals surface area contributed by atoms with Crippen LogP contribution in [-0.4, -0.2) is 15.9 Å². The second kappa shape index (κ2) is 5.99. The van der Waals surface area contributed by atoms with Crippen molar-refractivity contribution in [3.05, 3.63) is 70.4 Å². The van der Waals surface area contributed by atoms with Gasteiger partial charge < -0.3 is 10.1 Å². The number of phenolic OH excluding ortho intramolecular Hbond substituents is 1. The minimum atomic E-state index is -0.367. The third-order valence-corrected chi connectivity index (χ3v) is 3.78. The number of aromatic nitrogens is 1. The number of H-pyrrole nitrogens is 1. The Kier molecular flexibility index (Phi) is 3.88. The van der Waals surface area contributed by atoms with Gasteiger partial charge in [0.15, 0.2) is 0 Å². The normalized spacial score (nSPS) is 11.4. The number of nitrogens with zero attached hydrogens (tertiary/aromatic N) is 1. The Hall–Kier alpha value is -3.03. The second-order valence-electron chi connectivity index (χ2n) is 4.96. The van der Waals surface area contributed by atoms with Crippen LogP contribution in [0.4, 0.5) is 0 Å². The number of halogens is 1. The van der Waals surface area contributed by atoms with Gasteiger partial charge in [0.05, 0.1) is 5.02 Å². The molecule has 0 spiro atoms. The molecule has 4 nitrogen and oxygen atoms in total. The topological polar surface area (TPSA) is 76.9 Å². The largest absolute Gasteiger partial charge is 0.506 e. The molecule has 0 aliphatic heterocycles. The number of nitrogens with one attached hydrogen (secondary N) is 1. The number of Topliss-reactive ketones (excluding diaryl/α,β-unsaturated/α-hetero) is 1. The quantitative estimate of drug-likeness (QED) is 0.428. The molecule has 3 aromatic rings. The Morgan fingerprint density at radius 2 is 2.04 bits per heavy atom.